The average molecular weight is 431 g/mol. The van der Waals surface area contributed by atoms with Crippen LogP contribution in [0, 0.1) is 0 Å². The second-order valence-corrected chi connectivity index (χ2v) is 7.75. The SMILES string of the molecule is COc1ccc(CC[C@H](NC(=O)OCC2c3ccccc3-c3ccccc32)C(=O)O)cc1. The van der Waals surface area contributed by atoms with E-state index < -0.39 is 18.1 Å². The maximum atomic E-state index is 12.4. The summed E-state index contributed by atoms with van der Waals surface area (Å²) in [7, 11) is 1.59. The summed E-state index contributed by atoms with van der Waals surface area (Å²) < 4.78 is 10.6. The Bertz CT molecular complexity index is 1060. The van der Waals surface area contributed by atoms with Crippen LogP contribution in [0.2, 0.25) is 0 Å². The summed E-state index contributed by atoms with van der Waals surface area (Å²) in [6.07, 6.45) is 0.0326. The molecule has 1 amide bonds. The smallest absolute Gasteiger partial charge is 0.407 e. The molecule has 0 saturated heterocycles. The number of alkyl carbamates (subject to hydrolysis) is 1. The summed E-state index contributed by atoms with van der Waals surface area (Å²) in [4.78, 5) is 24.1. The zero-order valence-electron chi connectivity index (χ0n) is 17.8. The Balaban J connectivity index is 1.36. The molecule has 3 aromatic carbocycles. The number of carbonyl (C=O) groups excluding carboxylic acids is 1. The molecule has 0 bridgehead atoms. The third-order valence-corrected chi connectivity index (χ3v) is 5.81. The zero-order valence-corrected chi connectivity index (χ0v) is 17.8. The Labute approximate surface area is 186 Å². The molecule has 0 aliphatic heterocycles. The van der Waals surface area contributed by atoms with Crippen LogP contribution in [-0.4, -0.2) is 36.9 Å². The molecule has 6 heteroatoms. The minimum absolute atomic E-state index is 0.0734. The number of amides is 1. The number of carbonyl (C=O) groups is 2. The predicted octanol–water partition coefficient (Wildman–Crippen LogP) is 4.62. The number of hydrogen-bond donors (Lipinski definition) is 2. The van der Waals surface area contributed by atoms with Gasteiger partial charge in [-0.2, -0.15) is 0 Å². The van der Waals surface area contributed by atoms with Crippen molar-refractivity contribution in [1.82, 2.24) is 5.32 Å². The minimum atomic E-state index is -1.09. The standard InChI is InChI=1S/C26H25NO5/c1-31-18-13-10-17(11-14-18)12-15-24(25(28)29)27-26(30)32-16-23-21-8-4-2-6-19(21)20-7-3-5-9-22(20)23/h2-11,13-14,23-24H,12,15-16H2,1H3,(H,27,30)(H,28,29)/t24-/m0/s1. The Hall–Kier alpha value is -3.80. The van der Waals surface area contributed by atoms with E-state index in [2.05, 4.69) is 17.4 Å². The first-order chi connectivity index (χ1) is 15.6. The molecule has 0 spiro atoms. The molecule has 4 rings (SSSR count). The zero-order chi connectivity index (χ0) is 22.5. The molecule has 1 aliphatic rings. The molecule has 0 fully saturated rings. The van der Waals surface area contributed by atoms with Crippen molar-refractivity contribution in [2.75, 3.05) is 13.7 Å². The fourth-order valence-corrected chi connectivity index (χ4v) is 4.14. The highest BCUT2D eigenvalue weighted by Crippen LogP contribution is 2.44. The number of carboxylic acid groups (broad SMARTS) is 1. The highest BCUT2D eigenvalue weighted by atomic mass is 16.5. The Morgan fingerprint density at radius 2 is 1.53 bits per heavy atom. The molecule has 1 atom stereocenters. The minimum Gasteiger partial charge on any atom is -0.497 e. The van der Waals surface area contributed by atoms with Crippen molar-refractivity contribution in [3.63, 3.8) is 0 Å². The van der Waals surface area contributed by atoms with Crippen LogP contribution in [0.1, 0.15) is 29.0 Å². The second kappa shape index (κ2) is 9.56. The molecule has 2 N–H and O–H groups in total. The highest BCUT2D eigenvalue weighted by Gasteiger charge is 2.29. The molecule has 0 radical (unpaired) electrons. The lowest BCUT2D eigenvalue weighted by Crippen LogP contribution is -2.41. The lowest BCUT2D eigenvalue weighted by Gasteiger charge is -2.17. The maximum Gasteiger partial charge on any atom is 0.407 e. The Morgan fingerprint density at radius 3 is 2.09 bits per heavy atom. The van der Waals surface area contributed by atoms with Gasteiger partial charge in [0.2, 0.25) is 0 Å². The van der Waals surface area contributed by atoms with Gasteiger partial charge in [0, 0.05) is 5.92 Å². The van der Waals surface area contributed by atoms with Crippen molar-refractivity contribution in [3.05, 3.63) is 89.5 Å². The largest absolute Gasteiger partial charge is 0.497 e. The number of aliphatic carboxylic acids is 1. The highest BCUT2D eigenvalue weighted by molar-refractivity contribution is 5.81. The number of nitrogens with one attached hydrogen (secondary N) is 1. The van der Waals surface area contributed by atoms with E-state index in [1.54, 1.807) is 7.11 Å². The molecule has 164 valence electrons. The van der Waals surface area contributed by atoms with E-state index in [4.69, 9.17) is 9.47 Å². The summed E-state index contributed by atoms with van der Waals surface area (Å²) in [6, 6.07) is 22.5. The van der Waals surface area contributed by atoms with E-state index in [9.17, 15) is 14.7 Å². The van der Waals surface area contributed by atoms with Crippen LogP contribution in [0.3, 0.4) is 0 Å². The number of aryl methyl sites for hydroxylation is 1. The number of hydrogen-bond acceptors (Lipinski definition) is 4. The predicted molar refractivity (Wildman–Crippen MR) is 121 cm³/mol. The maximum absolute atomic E-state index is 12.4. The summed E-state index contributed by atoms with van der Waals surface area (Å²) in [5.74, 6) is -0.428. The summed E-state index contributed by atoms with van der Waals surface area (Å²) in [5.41, 5.74) is 5.46. The number of carboxylic acids is 1. The second-order valence-electron chi connectivity index (χ2n) is 7.75. The van der Waals surface area contributed by atoms with Gasteiger partial charge in [-0.25, -0.2) is 9.59 Å². The van der Waals surface area contributed by atoms with Crippen LogP contribution in [0.5, 0.6) is 5.75 Å². The van der Waals surface area contributed by atoms with Crippen LogP contribution in [0.4, 0.5) is 4.79 Å². The van der Waals surface area contributed by atoms with E-state index in [0.29, 0.717) is 6.42 Å². The molecule has 0 saturated carbocycles. The lowest BCUT2D eigenvalue weighted by atomic mass is 9.98. The molecule has 32 heavy (non-hydrogen) atoms. The molecule has 3 aromatic rings. The fraction of sp³-hybridized carbons (Fsp3) is 0.231. The van der Waals surface area contributed by atoms with Gasteiger partial charge in [0.1, 0.15) is 18.4 Å². The third kappa shape index (κ3) is 4.59. The van der Waals surface area contributed by atoms with Gasteiger partial charge in [0.25, 0.3) is 0 Å². The first-order valence-electron chi connectivity index (χ1n) is 10.5. The number of ether oxygens (including phenoxy) is 2. The van der Waals surface area contributed by atoms with Gasteiger partial charge in [0.15, 0.2) is 0 Å². The first kappa shape index (κ1) is 21.4. The topological polar surface area (TPSA) is 84.9 Å². The van der Waals surface area contributed by atoms with Gasteiger partial charge in [0.05, 0.1) is 7.11 Å². The van der Waals surface area contributed by atoms with Crippen LogP contribution in [0.25, 0.3) is 11.1 Å². The number of methoxy groups -OCH3 is 1. The summed E-state index contributed by atoms with van der Waals surface area (Å²) >= 11 is 0. The lowest BCUT2D eigenvalue weighted by molar-refractivity contribution is -0.139. The first-order valence-corrected chi connectivity index (χ1v) is 10.5. The van der Waals surface area contributed by atoms with Crippen molar-refractivity contribution in [3.8, 4) is 16.9 Å². The van der Waals surface area contributed by atoms with Gasteiger partial charge in [-0.15, -0.1) is 0 Å². The molecule has 0 unspecified atom stereocenters. The fourth-order valence-electron chi connectivity index (χ4n) is 4.14. The van der Waals surface area contributed by atoms with Gasteiger partial charge in [-0.05, 0) is 52.8 Å². The van der Waals surface area contributed by atoms with Crippen LogP contribution in [0.15, 0.2) is 72.8 Å². The van der Waals surface area contributed by atoms with Gasteiger partial charge in [-0.3, -0.25) is 0 Å². The number of benzene rings is 3. The van der Waals surface area contributed by atoms with Crippen LogP contribution < -0.4 is 10.1 Å². The molecule has 6 nitrogen and oxygen atoms in total. The van der Waals surface area contributed by atoms with Gasteiger partial charge < -0.3 is 19.9 Å². The Morgan fingerprint density at radius 1 is 0.938 bits per heavy atom. The van der Waals surface area contributed by atoms with Crippen molar-refractivity contribution in [2.24, 2.45) is 0 Å². The summed E-state index contributed by atoms with van der Waals surface area (Å²) in [5, 5.41) is 12.0. The molecular formula is C26H25NO5. The van der Waals surface area contributed by atoms with Crippen LogP contribution in [-0.2, 0) is 16.0 Å². The van der Waals surface area contributed by atoms with E-state index >= 15 is 0 Å². The van der Waals surface area contributed by atoms with Gasteiger partial charge in [-0.1, -0.05) is 60.7 Å². The van der Waals surface area contributed by atoms with E-state index in [-0.39, 0.29) is 18.9 Å². The van der Waals surface area contributed by atoms with Crippen molar-refractivity contribution >= 4 is 12.1 Å². The molecule has 1 aliphatic carbocycles. The average Bonchev–Trinajstić information content (AvgIpc) is 3.14. The normalized spacial score (nSPS) is 13.0. The molecule has 0 heterocycles. The van der Waals surface area contributed by atoms with Crippen LogP contribution >= 0.6 is 0 Å². The number of fused-ring (bicyclic) bond motifs is 3. The quantitative estimate of drug-likeness (QED) is 0.544. The van der Waals surface area contributed by atoms with Gasteiger partial charge >= 0.3 is 12.1 Å². The van der Waals surface area contributed by atoms with E-state index in [1.807, 2.05) is 60.7 Å². The van der Waals surface area contributed by atoms with Crippen molar-refractivity contribution < 1.29 is 24.2 Å². The number of rotatable bonds is 8. The molecule has 0 aromatic heterocycles. The van der Waals surface area contributed by atoms with E-state index in [1.165, 1.54) is 0 Å². The van der Waals surface area contributed by atoms with Crippen molar-refractivity contribution in [1.29, 1.82) is 0 Å². The molecular weight excluding hydrogens is 406 g/mol. The Kier molecular flexibility index (Phi) is 6.40. The third-order valence-electron chi connectivity index (χ3n) is 5.81. The van der Waals surface area contributed by atoms with E-state index in [0.717, 1.165) is 33.6 Å². The summed E-state index contributed by atoms with van der Waals surface area (Å²) in [6.45, 7) is 0.144. The monoisotopic (exact) mass is 431 g/mol. The van der Waals surface area contributed by atoms with Crippen molar-refractivity contribution in [2.45, 2.75) is 24.8 Å².